The van der Waals surface area contributed by atoms with Gasteiger partial charge in [-0.1, -0.05) is 48.5 Å². The van der Waals surface area contributed by atoms with Gasteiger partial charge in [0.25, 0.3) is 5.91 Å². The van der Waals surface area contributed by atoms with Gasteiger partial charge in [0.05, 0.1) is 11.3 Å². The van der Waals surface area contributed by atoms with Crippen molar-refractivity contribution in [3.8, 4) is 11.1 Å². The molecule has 1 aliphatic carbocycles. The zero-order valence-electron chi connectivity index (χ0n) is 16.8. The molecule has 0 atom stereocenters. The average Bonchev–Trinajstić information content (AvgIpc) is 3.11. The molecule has 162 valence electrons. The van der Waals surface area contributed by atoms with Crippen molar-refractivity contribution in [2.75, 3.05) is 18.5 Å². The van der Waals surface area contributed by atoms with Crippen molar-refractivity contribution in [3.63, 3.8) is 0 Å². The Morgan fingerprint density at radius 2 is 1.56 bits per heavy atom. The molecule has 7 nitrogen and oxygen atoms in total. The molecule has 0 aliphatic heterocycles. The van der Waals surface area contributed by atoms with E-state index in [1.165, 1.54) is 6.07 Å². The van der Waals surface area contributed by atoms with E-state index in [-0.39, 0.29) is 23.8 Å². The molecule has 0 bridgehead atoms. The number of nitrogens with one attached hydrogen (secondary N) is 2. The lowest BCUT2D eigenvalue weighted by Crippen LogP contribution is -2.30. The van der Waals surface area contributed by atoms with Crippen LogP contribution in [0.4, 0.5) is 14.9 Å². The number of hydrogen-bond donors (Lipinski definition) is 3. The number of amides is 2. The van der Waals surface area contributed by atoms with E-state index in [4.69, 9.17) is 9.84 Å². The Hall–Kier alpha value is -4.20. The highest BCUT2D eigenvalue weighted by molar-refractivity contribution is 6.03. The van der Waals surface area contributed by atoms with Crippen LogP contribution in [0.5, 0.6) is 0 Å². The van der Waals surface area contributed by atoms with Crippen molar-refractivity contribution in [3.05, 3.63) is 89.2 Å². The minimum Gasteiger partial charge on any atom is -0.480 e. The maximum absolute atomic E-state index is 13.6. The zero-order chi connectivity index (χ0) is 22.7. The fraction of sp³-hybridized carbons (Fsp3) is 0.125. The predicted molar refractivity (Wildman–Crippen MR) is 115 cm³/mol. The summed E-state index contributed by atoms with van der Waals surface area (Å²) in [7, 11) is 0. The van der Waals surface area contributed by atoms with Gasteiger partial charge in [0.2, 0.25) is 0 Å². The average molecular weight is 434 g/mol. The van der Waals surface area contributed by atoms with Gasteiger partial charge in [-0.2, -0.15) is 0 Å². The number of hydrogen-bond acceptors (Lipinski definition) is 4. The first-order valence-corrected chi connectivity index (χ1v) is 9.85. The summed E-state index contributed by atoms with van der Waals surface area (Å²) in [6.07, 6.45) is -0.814. The summed E-state index contributed by atoms with van der Waals surface area (Å²) in [5.74, 6) is -2.93. The second kappa shape index (κ2) is 8.89. The molecule has 0 unspecified atom stereocenters. The lowest BCUT2D eigenvalue weighted by atomic mass is 9.98. The van der Waals surface area contributed by atoms with Crippen LogP contribution in [0, 0.1) is 5.82 Å². The highest BCUT2D eigenvalue weighted by Crippen LogP contribution is 2.44. The Kier molecular flexibility index (Phi) is 5.85. The summed E-state index contributed by atoms with van der Waals surface area (Å²) in [6.45, 7) is -0.568. The molecule has 3 aromatic rings. The molecule has 0 saturated carbocycles. The molecule has 3 N–H and O–H groups in total. The number of carboxylic acid groups (broad SMARTS) is 1. The fourth-order valence-corrected chi connectivity index (χ4v) is 3.81. The molecular formula is C24H19FN2O5. The molecule has 0 heterocycles. The van der Waals surface area contributed by atoms with Gasteiger partial charge in [-0.25, -0.2) is 9.18 Å². The van der Waals surface area contributed by atoms with E-state index in [0.717, 1.165) is 34.4 Å². The smallest absolute Gasteiger partial charge is 0.411 e. The molecule has 32 heavy (non-hydrogen) atoms. The predicted octanol–water partition coefficient (Wildman–Crippen LogP) is 4.00. The maximum atomic E-state index is 13.6. The van der Waals surface area contributed by atoms with Crippen molar-refractivity contribution in [1.82, 2.24) is 5.32 Å². The lowest BCUT2D eigenvalue weighted by molar-refractivity contribution is -0.135. The number of benzene rings is 3. The zero-order valence-corrected chi connectivity index (χ0v) is 16.8. The van der Waals surface area contributed by atoms with Gasteiger partial charge in [-0.3, -0.25) is 14.9 Å². The summed E-state index contributed by atoms with van der Waals surface area (Å²) < 4.78 is 19.1. The van der Waals surface area contributed by atoms with Gasteiger partial charge in [-0.05, 0) is 40.5 Å². The molecule has 1 aliphatic rings. The van der Waals surface area contributed by atoms with E-state index in [2.05, 4.69) is 10.6 Å². The first-order chi connectivity index (χ1) is 15.4. The fourth-order valence-electron chi connectivity index (χ4n) is 3.81. The Balaban J connectivity index is 1.47. The Morgan fingerprint density at radius 1 is 0.938 bits per heavy atom. The number of ether oxygens (including phenoxy) is 1. The van der Waals surface area contributed by atoms with Gasteiger partial charge in [0.1, 0.15) is 19.0 Å². The Morgan fingerprint density at radius 3 is 2.19 bits per heavy atom. The van der Waals surface area contributed by atoms with Crippen molar-refractivity contribution in [2.45, 2.75) is 5.92 Å². The number of carbonyl (C=O) groups excluding carboxylic acids is 2. The molecule has 2 amide bonds. The standard InChI is InChI=1S/C24H19FN2O5/c25-14-9-10-21(19(11-14)23(30)26-12-22(28)29)27-24(31)32-13-20-17-7-3-1-5-15(17)16-6-2-4-8-18(16)20/h1-11,20H,12-13H2,(H,26,30)(H,27,31)(H,28,29). The number of aliphatic carboxylic acids is 1. The summed E-state index contributed by atoms with van der Waals surface area (Å²) in [4.78, 5) is 35.4. The number of fused-ring (bicyclic) bond motifs is 3. The number of carboxylic acids is 1. The molecule has 3 aromatic carbocycles. The third kappa shape index (κ3) is 4.29. The van der Waals surface area contributed by atoms with E-state index in [0.29, 0.717) is 0 Å². The third-order valence-electron chi connectivity index (χ3n) is 5.21. The van der Waals surface area contributed by atoms with Gasteiger partial charge in [0, 0.05) is 5.92 Å². The van der Waals surface area contributed by atoms with E-state index in [9.17, 15) is 18.8 Å². The minimum absolute atomic E-state index is 0.00603. The molecule has 0 fully saturated rings. The van der Waals surface area contributed by atoms with E-state index < -0.39 is 30.3 Å². The molecule has 0 aromatic heterocycles. The minimum atomic E-state index is -1.25. The maximum Gasteiger partial charge on any atom is 0.411 e. The SMILES string of the molecule is O=C(O)CNC(=O)c1cc(F)ccc1NC(=O)OCC1c2ccccc2-c2ccccc21. The van der Waals surface area contributed by atoms with E-state index in [1.54, 1.807) is 0 Å². The van der Waals surface area contributed by atoms with Crippen LogP contribution in [0.3, 0.4) is 0 Å². The highest BCUT2D eigenvalue weighted by Gasteiger charge is 2.29. The highest BCUT2D eigenvalue weighted by atomic mass is 19.1. The quantitative estimate of drug-likeness (QED) is 0.544. The van der Waals surface area contributed by atoms with Crippen molar-refractivity contribution < 1.29 is 28.6 Å². The normalized spacial score (nSPS) is 11.9. The van der Waals surface area contributed by atoms with Crippen LogP contribution in [0.25, 0.3) is 11.1 Å². The van der Waals surface area contributed by atoms with Crippen LogP contribution in [0.2, 0.25) is 0 Å². The van der Waals surface area contributed by atoms with Crippen molar-refractivity contribution in [2.24, 2.45) is 0 Å². The second-order valence-corrected chi connectivity index (χ2v) is 7.22. The van der Waals surface area contributed by atoms with E-state index >= 15 is 0 Å². The van der Waals surface area contributed by atoms with Crippen LogP contribution in [0.15, 0.2) is 66.7 Å². The topological polar surface area (TPSA) is 105 Å². The van der Waals surface area contributed by atoms with Gasteiger partial charge in [-0.15, -0.1) is 0 Å². The largest absolute Gasteiger partial charge is 0.480 e. The van der Waals surface area contributed by atoms with Crippen LogP contribution in [-0.4, -0.2) is 36.2 Å². The number of anilines is 1. The second-order valence-electron chi connectivity index (χ2n) is 7.22. The molecule has 8 heteroatoms. The van der Waals surface area contributed by atoms with Crippen LogP contribution in [0.1, 0.15) is 27.4 Å². The van der Waals surface area contributed by atoms with Crippen molar-refractivity contribution in [1.29, 1.82) is 0 Å². The first-order valence-electron chi connectivity index (χ1n) is 9.85. The molecular weight excluding hydrogens is 415 g/mol. The number of carbonyl (C=O) groups is 3. The molecule has 4 rings (SSSR count). The van der Waals surface area contributed by atoms with Gasteiger partial charge < -0.3 is 15.2 Å². The summed E-state index contributed by atoms with van der Waals surface area (Å²) in [6, 6.07) is 19.0. The van der Waals surface area contributed by atoms with Crippen molar-refractivity contribution >= 4 is 23.7 Å². The summed E-state index contributed by atoms with van der Waals surface area (Å²) >= 11 is 0. The Labute approximate surface area is 182 Å². The van der Waals surface area contributed by atoms with Gasteiger partial charge >= 0.3 is 12.1 Å². The van der Waals surface area contributed by atoms with Gasteiger partial charge in [0.15, 0.2) is 0 Å². The summed E-state index contributed by atoms with van der Waals surface area (Å²) in [5.41, 5.74) is 4.08. The Bertz CT molecular complexity index is 1160. The lowest BCUT2D eigenvalue weighted by Gasteiger charge is -2.15. The first kappa shape index (κ1) is 21.0. The monoisotopic (exact) mass is 434 g/mol. The third-order valence-corrected chi connectivity index (χ3v) is 5.21. The number of rotatable bonds is 6. The van der Waals surface area contributed by atoms with Crippen LogP contribution < -0.4 is 10.6 Å². The van der Waals surface area contributed by atoms with Crippen LogP contribution >= 0.6 is 0 Å². The van der Waals surface area contributed by atoms with E-state index in [1.807, 2.05) is 48.5 Å². The molecule has 0 saturated heterocycles. The number of halogens is 1. The summed E-state index contributed by atoms with van der Waals surface area (Å²) in [5, 5.41) is 13.3. The molecule has 0 radical (unpaired) electrons. The molecule has 0 spiro atoms. The van der Waals surface area contributed by atoms with Crippen LogP contribution in [-0.2, 0) is 9.53 Å².